The van der Waals surface area contributed by atoms with Crippen LogP contribution in [0.5, 0.6) is 0 Å². The first-order chi connectivity index (χ1) is 9.70. The number of nitriles is 1. The number of nitrogens with zero attached hydrogens (tertiary/aromatic N) is 3. The van der Waals surface area contributed by atoms with Crippen LogP contribution in [0.2, 0.25) is 10.0 Å². The Morgan fingerprint density at radius 3 is 2.60 bits per heavy atom. The average Bonchev–Trinajstić information content (AvgIpc) is 2.48. The molecule has 0 fully saturated rings. The number of nitrogens with one attached hydrogen (secondary N) is 1. The Morgan fingerprint density at radius 1 is 1.20 bits per heavy atom. The number of hydrogen-bond acceptors (Lipinski definition) is 3. The van der Waals surface area contributed by atoms with E-state index in [1.54, 1.807) is 36.7 Å². The summed E-state index contributed by atoms with van der Waals surface area (Å²) >= 11 is 11.8. The highest BCUT2D eigenvalue weighted by molar-refractivity contribution is 6.42. The average molecular weight is 305 g/mol. The molecule has 100 valence electrons. The Kier molecular flexibility index (Phi) is 4.94. The van der Waals surface area contributed by atoms with Gasteiger partial charge >= 0.3 is 0 Å². The fourth-order valence-electron chi connectivity index (χ4n) is 1.57. The van der Waals surface area contributed by atoms with Crippen molar-refractivity contribution in [2.24, 2.45) is 4.99 Å². The summed E-state index contributed by atoms with van der Waals surface area (Å²) in [7, 11) is 0. The second kappa shape index (κ2) is 6.90. The van der Waals surface area contributed by atoms with E-state index in [1.165, 1.54) is 0 Å². The van der Waals surface area contributed by atoms with E-state index in [9.17, 15) is 0 Å². The van der Waals surface area contributed by atoms with Crippen LogP contribution in [0.1, 0.15) is 11.1 Å². The van der Waals surface area contributed by atoms with E-state index in [4.69, 9.17) is 28.5 Å². The molecule has 0 aliphatic rings. The van der Waals surface area contributed by atoms with Crippen LogP contribution in [-0.4, -0.2) is 10.8 Å². The number of halogens is 2. The van der Waals surface area contributed by atoms with Crippen molar-refractivity contribution in [1.82, 2.24) is 10.3 Å². The van der Waals surface area contributed by atoms with E-state index in [-0.39, 0.29) is 0 Å². The smallest absolute Gasteiger partial charge is 0.182 e. The Morgan fingerprint density at radius 2 is 1.95 bits per heavy atom. The first-order valence-corrected chi connectivity index (χ1v) is 6.50. The van der Waals surface area contributed by atoms with E-state index in [2.05, 4.69) is 15.3 Å². The predicted octanol–water partition coefficient (Wildman–Crippen LogP) is 3.41. The Balaban J connectivity index is 2.22. The SMILES string of the molecule is N#CNC(=NCc1ccc(Cl)c(Cl)c1)c1ccncc1. The number of aromatic nitrogens is 1. The van der Waals surface area contributed by atoms with Gasteiger partial charge in [-0.05, 0) is 29.8 Å². The third-order valence-electron chi connectivity index (χ3n) is 2.53. The number of rotatable bonds is 3. The molecular formula is C14H10Cl2N4. The second-order valence-electron chi connectivity index (χ2n) is 3.89. The molecule has 0 aliphatic heterocycles. The summed E-state index contributed by atoms with van der Waals surface area (Å²) in [5.74, 6) is 0.487. The molecule has 0 radical (unpaired) electrons. The second-order valence-corrected chi connectivity index (χ2v) is 4.70. The summed E-state index contributed by atoms with van der Waals surface area (Å²) in [6, 6.07) is 8.87. The Bertz CT molecular complexity index is 663. The molecule has 1 N–H and O–H groups in total. The van der Waals surface area contributed by atoms with Crippen LogP contribution < -0.4 is 5.32 Å². The zero-order valence-corrected chi connectivity index (χ0v) is 11.9. The molecule has 0 saturated heterocycles. The zero-order chi connectivity index (χ0) is 14.4. The highest BCUT2D eigenvalue weighted by atomic mass is 35.5. The maximum Gasteiger partial charge on any atom is 0.182 e. The minimum absolute atomic E-state index is 0.392. The maximum atomic E-state index is 8.78. The molecule has 0 spiro atoms. The van der Waals surface area contributed by atoms with Gasteiger partial charge < -0.3 is 0 Å². The highest BCUT2D eigenvalue weighted by Crippen LogP contribution is 2.22. The lowest BCUT2D eigenvalue weighted by atomic mass is 10.2. The molecule has 0 atom stereocenters. The van der Waals surface area contributed by atoms with Crippen LogP contribution >= 0.6 is 23.2 Å². The van der Waals surface area contributed by atoms with Crippen molar-refractivity contribution in [3.05, 3.63) is 63.9 Å². The monoisotopic (exact) mass is 304 g/mol. The normalized spacial score (nSPS) is 10.9. The summed E-state index contributed by atoms with van der Waals surface area (Å²) < 4.78 is 0. The minimum atomic E-state index is 0.392. The first-order valence-electron chi connectivity index (χ1n) is 5.74. The molecule has 6 heteroatoms. The first kappa shape index (κ1) is 14.3. The third kappa shape index (κ3) is 3.70. The van der Waals surface area contributed by atoms with Crippen molar-refractivity contribution in [1.29, 1.82) is 5.26 Å². The number of aliphatic imine (C=N–C) groups is 1. The van der Waals surface area contributed by atoms with E-state index < -0.39 is 0 Å². The summed E-state index contributed by atoms with van der Waals surface area (Å²) in [5, 5.41) is 12.3. The highest BCUT2D eigenvalue weighted by Gasteiger charge is 2.03. The van der Waals surface area contributed by atoms with Crippen molar-refractivity contribution in [2.45, 2.75) is 6.54 Å². The van der Waals surface area contributed by atoms with Crippen LogP contribution in [0.4, 0.5) is 0 Å². The van der Waals surface area contributed by atoms with Gasteiger partial charge in [0, 0.05) is 18.0 Å². The molecule has 0 unspecified atom stereocenters. The summed E-state index contributed by atoms with van der Waals surface area (Å²) in [5.41, 5.74) is 1.70. The zero-order valence-electron chi connectivity index (χ0n) is 10.3. The fraction of sp³-hybridized carbons (Fsp3) is 0.0714. The topological polar surface area (TPSA) is 61.1 Å². The lowest BCUT2D eigenvalue weighted by Crippen LogP contribution is -2.19. The van der Waals surface area contributed by atoms with Gasteiger partial charge in [0.1, 0.15) is 5.84 Å². The van der Waals surface area contributed by atoms with E-state index in [0.29, 0.717) is 22.4 Å². The molecule has 20 heavy (non-hydrogen) atoms. The van der Waals surface area contributed by atoms with Gasteiger partial charge in [-0.25, -0.2) is 0 Å². The lowest BCUT2D eigenvalue weighted by molar-refractivity contribution is 1.04. The number of pyridine rings is 1. The van der Waals surface area contributed by atoms with Crippen LogP contribution in [0.15, 0.2) is 47.7 Å². The quantitative estimate of drug-likeness (QED) is 0.409. The molecule has 4 nitrogen and oxygen atoms in total. The van der Waals surface area contributed by atoms with Crippen molar-refractivity contribution >= 4 is 29.0 Å². The van der Waals surface area contributed by atoms with Gasteiger partial charge in [0.25, 0.3) is 0 Å². The molecule has 0 aliphatic carbocycles. The van der Waals surface area contributed by atoms with Gasteiger partial charge in [-0.3, -0.25) is 15.3 Å². The summed E-state index contributed by atoms with van der Waals surface area (Å²) in [4.78, 5) is 8.31. The van der Waals surface area contributed by atoms with Gasteiger partial charge in [-0.2, -0.15) is 5.26 Å². The van der Waals surface area contributed by atoms with Crippen LogP contribution in [0.25, 0.3) is 0 Å². The number of benzene rings is 1. The third-order valence-corrected chi connectivity index (χ3v) is 3.27. The predicted molar refractivity (Wildman–Crippen MR) is 79.7 cm³/mol. The van der Waals surface area contributed by atoms with Gasteiger partial charge in [-0.15, -0.1) is 0 Å². The molecule has 1 heterocycles. The molecule has 0 bridgehead atoms. The van der Waals surface area contributed by atoms with Crippen LogP contribution in [0.3, 0.4) is 0 Å². The molecule has 0 saturated carbocycles. The molecule has 1 aromatic heterocycles. The van der Waals surface area contributed by atoms with E-state index in [0.717, 1.165) is 11.1 Å². The summed E-state index contributed by atoms with van der Waals surface area (Å²) in [6.45, 7) is 0.392. The number of amidine groups is 1. The molecule has 2 aromatic rings. The van der Waals surface area contributed by atoms with Crippen LogP contribution in [-0.2, 0) is 6.54 Å². The Labute approximate surface area is 126 Å². The fourth-order valence-corrected chi connectivity index (χ4v) is 1.89. The number of hydrogen-bond donors (Lipinski definition) is 1. The largest absolute Gasteiger partial charge is 0.277 e. The van der Waals surface area contributed by atoms with E-state index >= 15 is 0 Å². The minimum Gasteiger partial charge on any atom is -0.277 e. The van der Waals surface area contributed by atoms with Crippen molar-refractivity contribution < 1.29 is 0 Å². The van der Waals surface area contributed by atoms with Gasteiger partial charge in [0.05, 0.1) is 16.6 Å². The van der Waals surface area contributed by atoms with Crippen molar-refractivity contribution in [3.63, 3.8) is 0 Å². The van der Waals surface area contributed by atoms with Gasteiger partial charge in [0.2, 0.25) is 0 Å². The molecule has 0 amide bonds. The summed E-state index contributed by atoms with van der Waals surface area (Å²) in [6.07, 6.45) is 5.16. The van der Waals surface area contributed by atoms with Gasteiger partial charge in [-0.1, -0.05) is 29.3 Å². The van der Waals surface area contributed by atoms with Gasteiger partial charge in [0.15, 0.2) is 6.19 Å². The Hall–Kier alpha value is -2.09. The van der Waals surface area contributed by atoms with Crippen LogP contribution in [0, 0.1) is 11.5 Å². The maximum absolute atomic E-state index is 8.78. The lowest BCUT2D eigenvalue weighted by Gasteiger charge is -2.05. The molecule has 1 aromatic carbocycles. The molecular weight excluding hydrogens is 295 g/mol. The van der Waals surface area contributed by atoms with E-state index in [1.807, 2.05) is 12.3 Å². The molecule has 2 rings (SSSR count). The van der Waals surface area contributed by atoms with Crippen molar-refractivity contribution in [3.8, 4) is 6.19 Å². The standard InChI is InChI=1S/C14H10Cl2N4/c15-12-2-1-10(7-13(12)16)8-19-14(20-9-17)11-3-5-18-6-4-11/h1-7H,8H2,(H,19,20). The van der Waals surface area contributed by atoms with Crippen molar-refractivity contribution in [2.75, 3.05) is 0 Å².